The maximum absolute atomic E-state index is 13.1. The van der Waals surface area contributed by atoms with Crippen molar-refractivity contribution < 1.29 is 14.8 Å². The maximum Gasteiger partial charge on any atom is 0.314 e. The Morgan fingerprint density at radius 3 is 2.41 bits per heavy atom. The molecule has 1 atom stereocenters. The van der Waals surface area contributed by atoms with Crippen LogP contribution in [0.25, 0.3) is 5.57 Å². The molecule has 1 aromatic carbocycles. The van der Waals surface area contributed by atoms with E-state index in [1.54, 1.807) is 11.1 Å². The van der Waals surface area contributed by atoms with Gasteiger partial charge in [-0.1, -0.05) is 33.1 Å². The largest absolute Gasteiger partial charge is 0.351 e. The van der Waals surface area contributed by atoms with E-state index in [2.05, 4.69) is 37.9 Å². The highest BCUT2D eigenvalue weighted by atomic mass is 79.9. The monoisotopic (exact) mass is 652 g/mol. The summed E-state index contributed by atoms with van der Waals surface area (Å²) < 4.78 is 1.78. The number of hydrogen-bond acceptors (Lipinski definition) is 4. The number of carbonyl (C=O) groups is 2. The van der Waals surface area contributed by atoms with Crippen molar-refractivity contribution in [1.29, 1.82) is 0 Å². The fourth-order valence-electron chi connectivity index (χ4n) is 6.13. The molecule has 2 saturated heterocycles. The Bertz CT molecular complexity index is 1200. The molecule has 0 spiro atoms. The normalized spacial score (nSPS) is 22.7. The zero-order valence-corrected chi connectivity index (χ0v) is 24.5. The van der Waals surface area contributed by atoms with E-state index in [0.29, 0.717) is 43.5 Å². The van der Waals surface area contributed by atoms with Crippen LogP contribution in [0, 0.1) is 5.92 Å². The minimum absolute atomic E-state index is 0.185. The highest BCUT2D eigenvalue weighted by Gasteiger charge is 2.36. The Hall–Kier alpha value is -1.81. The molecule has 2 fully saturated rings. The average Bonchev–Trinajstić information content (AvgIpc) is 3.02. The summed E-state index contributed by atoms with van der Waals surface area (Å²) in [5.74, 6) is 0.477. The molecule has 0 radical (unpaired) electrons. The van der Waals surface area contributed by atoms with Crippen LogP contribution in [0.4, 0.5) is 4.79 Å². The van der Waals surface area contributed by atoms with Crippen LogP contribution in [0.2, 0.25) is 5.02 Å². The molecule has 10 heteroatoms. The summed E-state index contributed by atoms with van der Waals surface area (Å²) in [4.78, 5) is 28.2. The second kappa shape index (κ2) is 11.1. The lowest BCUT2D eigenvalue weighted by molar-refractivity contribution is -0.132. The molecule has 37 heavy (non-hydrogen) atoms. The third kappa shape index (κ3) is 5.65. The van der Waals surface area contributed by atoms with Crippen LogP contribution >= 0.6 is 43.5 Å². The van der Waals surface area contributed by atoms with Crippen LogP contribution in [0.5, 0.6) is 0 Å². The van der Waals surface area contributed by atoms with E-state index in [9.17, 15) is 14.8 Å². The number of amides is 3. The Balaban J connectivity index is 1.37. The van der Waals surface area contributed by atoms with Gasteiger partial charge in [0.05, 0.1) is 0 Å². The molecule has 5 rings (SSSR count). The lowest BCUT2D eigenvalue weighted by Gasteiger charge is -2.37. The summed E-state index contributed by atoms with van der Waals surface area (Å²) in [5.41, 5.74) is 11.2. The summed E-state index contributed by atoms with van der Waals surface area (Å²) in [6.45, 7) is 2.58. The standard InChI is InChI=1S/C27H31Br2ClN4O3/c28-20-12-19-2-1-18-13-21(30)14-22(29)24(18)25(26(19)34(37)15-20)17-5-9-32(10-6-17)23(35)11-16-3-7-33(8-4-16)27(31)36/h12-16,26,37H,1-11H2,(H2,31,36). The van der Waals surface area contributed by atoms with E-state index in [1.807, 2.05) is 17.0 Å². The van der Waals surface area contributed by atoms with Crippen LogP contribution in [-0.4, -0.2) is 64.2 Å². The second-order valence-corrected chi connectivity index (χ2v) is 12.5. The van der Waals surface area contributed by atoms with Gasteiger partial charge in [0.1, 0.15) is 6.04 Å². The molecule has 4 aliphatic rings. The van der Waals surface area contributed by atoms with Crippen molar-refractivity contribution >= 4 is 61.0 Å². The molecule has 1 aromatic rings. The quantitative estimate of drug-likeness (QED) is 0.420. The number of fused-ring (bicyclic) bond motifs is 2. The number of hydrogen-bond donors (Lipinski definition) is 2. The molecule has 1 unspecified atom stereocenters. The number of halogens is 3. The lowest BCUT2D eigenvalue weighted by Crippen LogP contribution is -2.43. The first kappa shape index (κ1) is 26.8. The zero-order chi connectivity index (χ0) is 26.3. The van der Waals surface area contributed by atoms with E-state index >= 15 is 0 Å². The van der Waals surface area contributed by atoms with Crippen molar-refractivity contribution in [1.82, 2.24) is 14.9 Å². The number of hydroxylamine groups is 2. The predicted octanol–water partition coefficient (Wildman–Crippen LogP) is 5.84. The predicted molar refractivity (Wildman–Crippen MR) is 151 cm³/mol. The topological polar surface area (TPSA) is 90.1 Å². The van der Waals surface area contributed by atoms with Crippen LogP contribution in [-0.2, 0) is 11.2 Å². The number of benzene rings is 1. The van der Waals surface area contributed by atoms with Crippen molar-refractivity contribution in [2.24, 2.45) is 11.7 Å². The number of carbonyl (C=O) groups excluding carboxylic acids is 2. The van der Waals surface area contributed by atoms with E-state index in [0.717, 1.165) is 64.2 Å². The number of rotatable bonds is 2. The van der Waals surface area contributed by atoms with Gasteiger partial charge in [0.2, 0.25) is 5.91 Å². The van der Waals surface area contributed by atoms with E-state index < -0.39 is 0 Å². The van der Waals surface area contributed by atoms with Gasteiger partial charge in [-0.25, -0.2) is 4.79 Å². The van der Waals surface area contributed by atoms with Gasteiger partial charge in [-0.05, 0) is 101 Å². The first-order valence-electron chi connectivity index (χ1n) is 12.8. The van der Waals surface area contributed by atoms with Crippen LogP contribution in [0.1, 0.15) is 49.7 Å². The fraction of sp³-hybridized carbons (Fsp3) is 0.481. The van der Waals surface area contributed by atoms with Gasteiger partial charge in [0.15, 0.2) is 0 Å². The average molecular weight is 655 g/mol. The molecule has 7 nitrogen and oxygen atoms in total. The van der Waals surface area contributed by atoms with E-state index in [1.165, 1.54) is 16.2 Å². The minimum atomic E-state index is -0.379. The van der Waals surface area contributed by atoms with Gasteiger partial charge < -0.3 is 15.5 Å². The molecular formula is C27H31Br2ClN4O3. The zero-order valence-electron chi connectivity index (χ0n) is 20.6. The van der Waals surface area contributed by atoms with E-state index in [4.69, 9.17) is 17.3 Å². The van der Waals surface area contributed by atoms with Gasteiger partial charge in [0, 0.05) is 52.8 Å². The molecule has 3 amide bonds. The maximum atomic E-state index is 13.1. The molecule has 1 aliphatic carbocycles. The molecular weight excluding hydrogens is 624 g/mol. The van der Waals surface area contributed by atoms with Gasteiger partial charge in [-0.3, -0.25) is 15.1 Å². The second-order valence-electron chi connectivity index (χ2n) is 10.3. The number of primary amides is 1. The highest BCUT2D eigenvalue weighted by molar-refractivity contribution is 9.12. The van der Waals surface area contributed by atoms with Crippen molar-refractivity contribution in [3.63, 3.8) is 0 Å². The Morgan fingerprint density at radius 1 is 1.03 bits per heavy atom. The lowest BCUT2D eigenvalue weighted by atomic mass is 9.84. The summed E-state index contributed by atoms with van der Waals surface area (Å²) in [5, 5.41) is 13.1. The van der Waals surface area contributed by atoms with Gasteiger partial charge in [0.25, 0.3) is 0 Å². The van der Waals surface area contributed by atoms with Crippen molar-refractivity contribution in [3.05, 3.63) is 60.7 Å². The van der Waals surface area contributed by atoms with Crippen molar-refractivity contribution in [3.8, 4) is 0 Å². The summed E-state index contributed by atoms with van der Waals surface area (Å²) >= 11 is 13.7. The summed E-state index contributed by atoms with van der Waals surface area (Å²) in [7, 11) is 0. The molecule has 198 valence electrons. The number of nitrogens with two attached hydrogens (primary N) is 1. The van der Waals surface area contributed by atoms with Crippen molar-refractivity contribution in [2.45, 2.75) is 51.0 Å². The first-order valence-corrected chi connectivity index (χ1v) is 14.7. The van der Waals surface area contributed by atoms with Crippen molar-refractivity contribution in [2.75, 3.05) is 26.2 Å². The first-order chi connectivity index (χ1) is 17.7. The number of piperidine rings is 2. The third-order valence-electron chi connectivity index (χ3n) is 8.05. The van der Waals surface area contributed by atoms with Crippen LogP contribution in [0.15, 0.2) is 44.5 Å². The summed E-state index contributed by atoms with van der Waals surface area (Å²) in [6, 6.07) is 3.31. The van der Waals surface area contributed by atoms with Crippen LogP contribution in [0.3, 0.4) is 0 Å². The van der Waals surface area contributed by atoms with Crippen LogP contribution < -0.4 is 5.73 Å². The molecule has 3 heterocycles. The molecule has 0 aromatic heterocycles. The number of urea groups is 1. The third-order valence-corrected chi connectivity index (χ3v) is 9.32. The molecule has 0 bridgehead atoms. The molecule has 3 aliphatic heterocycles. The van der Waals surface area contributed by atoms with Gasteiger partial charge in [-0.15, -0.1) is 0 Å². The van der Waals surface area contributed by atoms with Gasteiger partial charge in [-0.2, -0.15) is 0 Å². The van der Waals surface area contributed by atoms with Gasteiger partial charge >= 0.3 is 6.03 Å². The number of nitrogens with zero attached hydrogens (tertiary/aromatic N) is 3. The minimum Gasteiger partial charge on any atom is -0.351 e. The SMILES string of the molecule is NC(=O)N1CCC(CC(=O)N2CCC(=C3c4c(Br)cc(Cl)cc4CCC4=CC(Br)=CN(O)C43)CC2)CC1. The number of allylic oxidation sites excluding steroid dienone is 2. The Kier molecular flexibility index (Phi) is 8.05. The smallest absolute Gasteiger partial charge is 0.314 e. The fourth-order valence-corrected chi connectivity index (χ4v) is 7.72. The number of likely N-dealkylation sites (tertiary alicyclic amines) is 2. The number of aryl methyl sites for hydroxylation is 1. The molecule has 3 N–H and O–H groups in total. The Labute approximate surface area is 239 Å². The Morgan fingerprint density at radius 2 is 1.73 bits per heavy atom. The molecule has 0 saturated carbocycles. The summed E-state index contributed by atoms with van der Waals surface area (Å²) in [6.07, 6.45) is 9.16. The van der Waals surface area contributed by atoms with E-state index in [-0.39, 0.29) is 18.0 Å². The highest BCUT2D eigenvalue weighted by Crippen LogP contribution is 2.45.